The second-order valence-corrected chi connectivity index (χ2v) is 17.4. The summed E-state index contributed by atoms with van der Waals surface area (Å²) >= 11 is 0. The molecule has 1 aromatic rings. The number of ether oxygens (including phenoxy) is 1. The number of hydrogen-bond acceptors (Lipinski definition) is 5. The Morgan fingerprint density at radius 3 is 2.18 bits per heavy atom. The van der Waals surface area contributed by atoms with Crippen molar-refractivity contribution in [1.29, 1.82) is 0 Å². The van der Waals surface area contributed by atoms with Crippen molar-refractivity contribution in [3.63, 3.8) is 0 Å². The zero-order valence-corrected chi connectivity index (χ0v) is 23.4. The number of carbonyl (C=O) groups excluding carboxylic acids is 2. The number of piperidine rings is 1. The van der Waals surface area contributed by atoms with E-state index in [2.05, 4.69) is 63.0 Å². The highest BCUT2D eigenvalue weighted by molar-refractivity contribution is 6.74. The lowest BCUT2D eigenvalue weighted by atomic mass is 9.76. The summed E-state index contributed by atoms with van der Waals surface area (Å²) < 4.78 is 12.2. The summed E-state index contributed by atoms with van der Waals surface area (Å²) in [5, 5.41) is 0.0623. The largest absolute Gasteiger partial charge is 0.443 e. The van der Waals surface area contributed by atoms with E-state index < -0.39 is 25.4 Å². The standard InChI is InChI=1S/C27H44N2O4Si/c1-25(2,3)33-24(31)29-22(20-32-34(7,8)26(4,5)6)18-27(23(29)30)14-16-28(17-15-27)19-21-12-10-9-11-13-21/h9-13,22H,14-20H2,1-8H3. The molecule has 2 aliphatic rings. The molecular weight excluding hydrogens is 444 g/mol. The van der Waals surface area contributed by atoms with Gasteiger partial charge in [0.2, 0.25) is 5.91 Å². The van der Waals surface area contributed by atoms with Gasteiger partial charge in [-0.1, -0.05) is 51.1 Å². The zero-order chi connectivity index (χ0) is 25.4. The van der Waals surface area contributed by atoms with Gasteiger partial charge in [-0.25, -0.2) is 9.69 Å². The first-order valence-corrected chi connectivity index (χ1v) is 15.5. The van der Waals surface area contributed by atoms with Crippen molar-refractivity contribution in [2.45, 2.75) is 97.1 Å². The van der Waals surface area contributed by atoms with Crippen LogP contribution in [0.5, 0.6) is 0 Å². The number of rotatable bonds is 5. The van der Waals surface area contributed by atoms with Crippen LogP contribution in [0.25, 0.3) is 0 Å². The van der Waals surface area contributed by atoms with Crippen LogP contribution >= 0.6 is 0 Å². The lowest BCUT2D eigenvalue weighted by Gasteiger charge is -2.38. The van der Waals surface area contributed by atoms with Gasteiger partial charge in [0.25, 0.3) is 0 Å². The Morgan fingerprint density at radius 1 is 1.06 bits per heavy atom. The maximum atomic E-state index is 13.8. The molecule has 2 fully saturated rings. The molecular formula is C27H44N2O4Si. The van der Waals surface area contributed by atoms with Gasteiger partial charge in [-0.3, -0.25) is 9.69 Å². The average molecular weight is 489 g/mol. The van der Waals surface area contributed by atoms with E-state index in [0.717, 1.165) is 32.5 Å². The van der Waals surface area contributed by atoms with Crippen molar-refractivity contribution in [2.75, 3.05) is 19.7 Å². The third-order valence-corrected chi connectivity index (χ3v) is 12.3. The van der Waals surface area contributed by atoms with Crippen LogP contribution in [0, 0.1) is 5.41 Å². The topological polar surface area (TPSA) is 59.1 Å². The Morgan fingerprint density at radius 2 is 1.65 bits per heavy atom. The van der Waals surface area contributed by atoms with Crippen LogP contribution in [-0.2, 0) is 20.5 Å². The first-order valence-electron chi connectivity index (χ1n) is 12.6. The number of imide groups is 1. The lowest BCUT2D eigenvalue weighted by molar-refractivity contribution is -0.138. The van der Waals surface area contributed by atoms with Crippen LogP contribution in [0.3, 0.4) is 0 Å². The second kappa shape index (κ2) is 9.74. The monoisotopic (exact) mass is 488 g/mol. The number of amides is 2. The lowest BCUT2D eigenvalue weighted by Crippen LogP contribution is -2.49. The summed E-state index contributed by atoms with van der Waals surface area (Å²) in [4.78, 5) is 30.7. The Balaban J connectivity index is 1.75. The van der Waals surface area contributed by atoms with Gasteiger partial charge in [-0.2, -0.15) is 0 Å². The molecule has 2 aliphatic heterocycles. The van der Waals surface area contributed by atoms with E-state index in [0.29, 0.717) is 13.0 Å². The fourth-order valence-electron chi connectivity index (χ4n) is 4.65. The highest BCUT2D eigenvalue weighted by Gasteiger charge is 2.56. The van der Waals surface area contributed by atoms with E-state index in [1.807, 2.05) is 26.8 Å². The number of likely N-dealkylation sites (tertiary alicyclic amines) is 2. The quantitative estimate of drug-likeness (QED) is 0.488. The van der Waals surface area contributed by atoms with Crippen LogP contribution < -0.4 is 0 Å². The normalized spacial score (nSPS) is 21.8. The Bertz CT molecular complexity index is 865. The number of benzene rings is 1. The molecule has 0 aliphatic carbocycles. The molecule has 190 valence electrons. The van der Waals surface area contributed by atoms with E-state index in [-0.39, 0.29) is 17.0 Å². The average Bonchev–Trinajstić information content (AvgIpc) is 2.98. The Kier molecular flexibility index (Phi) is 7.71. The van der Waals surface area contributed by atoms with E-state index in [9.17, 15) is 9.59 Å². The molecule has 2 heterocycles. The summed E-state index contributed by atoms with van der Waals surface area (Å²) in [6.07, 6.45) is 1.63. The minimum absolute atomic E-state index is 0.0623. The molecule has 2 amide bonds. The molecule has 7 heteroatoms. The fourth-order valence-corrected chi connectivity index (χ4v) is 5.69. The van der Waals surface area contributed by atoms with Crippen LogP contribution in [0.15, 0.2) is 30.3 Å². The predicted molar refractivity (Wildman–Crippen MR) is 138 cm³/mol. The Hall–Kier alpha value is -1.70. The van der Waals surface area contributed by atoms with Crippen LogP contribution in [-0.4, -0.2) is 61.5 Å². The van der Waals surface area contributed by atoms with Crippen molar-refractivity contribution in [3.8, 4) is 0 Å². The van der Waals surface area contributed by atoms with E-state index in [1.54, 1.807) is 0 Å². The second-order valence-electron chi connectivity index (χ2n) is 12.6. The first kappa shape index (κ1) is 26.9. The molecule has 0 aromatic heterocycles. The summed E-state index contributed by atoms with van der Waals surface area (Å²) in [5.74, 6) is -0.0788. The number of nitrogens with zero attached hydrogens (tertiary/aromatic N) is 2. The summed E-state index contributed by atoms with van der Waals surface area (Å²) in [7, 11) is -2.02. The summed E-state index contributed by atoms with van der Waals surface area (Å²) in [5.41, 5.74) is 0.120. The molecule has 0 bridgehead atoms. The van der Waals surface area contributed by atoms with Gasteiger partial charge in [0.1, 0.15) is 5.60 Å². The highest BCUT2D eigenvalue weighted by Crippen LogP contribution is 2.46. The fraction of sp³-hybridized carbons (Fsp3) is 0.704. The minimum Gasteiger partial charge on any atom is -0.443 e. The molecule has 6 nitrogen and oxygen atoms in total. The Labute approximate surface area is 207 Å². The van der Waals surface area contributed by atoms with Crippen molar-refractivity contribution >= 4 is 20.3 Å². The summed E-state index contributed by atoms with van der Waals surface area (Å²) in [6, 6.07) is 10.2. The third kappa shape index (κ3) is 6.10. The zero-order valence-electron chi connectivity index (χ0n) is 22.4. The smallest absolute Gasteiger partial charge is 0.417 e. The van der Waals surface area contributed by atoms with Crippen LogP contribution in [0.1, 0.15) is 66.4 Å². The van der Waals surface area contributed by atoms with E-state index >= 15 is 0 Å². The summed E-state index contributed by atoms with van der Waals surface area (Å²) in [6.45, 7) is 19.5. The number of carbonyl (C=O) groups is 2. The van der Waals surface area contributed by atoms with Gasteiger partial charge in [-0.05, 0) is 76.8 Å². The molecule has 2 saturated heterocycles. The number of hydrogen-bond donors (Lipinski definition) is 0. The van der Waals surface area contributed by atoms with Crippen molar-refractivity contribution in [2.24, 2.45) is 5.41 Å². The van der Waals surface area contributed by atoms with Crippen molar-refractivity contribution < 1.29 is 18.8 Å². The molecule has 1 unspecified atom stereocenters. The molecule has 34 heavy (non-hydrogen) atoms. The highest BCUT2D eigenvalue weighted by atomic mass is 28.4. The van der Waals surface area contributed by atoms with Crippen LogP contribution in [0.2, 0.25) is 18.1 Å². The van der Waals surface area contributed by atoms with Crippen molar-refractivity contribution in [3.05, 3.63) is 35.9 Å². The van der Waals surface area contributed by atoms with Crippen LogP contribution in [0.4, 0.5) is 4.79 Å². The van der Waals surface area contributed by atoms with E-state index in [4.69, 9.17) is 9.16 Å². The molecule has 3 rings (SSSR count). The van der Waals surface area contributed by atoms with Gasteiger partial charge < -0.3 is 9.16 Å². The molecule has 1 aromatic carbocycles. The molecule has 1 spiro atoms. The van der Waals surface area contributed by atoms with Crippen molar-refractivity contribution in [1.82, 2.24) is 9.80 Å². The first-order chi connectivity index (χ1) is 15.6. The maximum Gasteiger partial charge on any atom is 0.417 e. The minimum atomic E-state index is -2.02. The van der Waals surface area contributed by atoms with Gasteiger partial charge in [-0.15, -0.1) is 0 Å². The molecule has 0 N–H and O–H groups in total. The maximum absolute atomic E-state index is 13.8. The van der Waals surface area contributed by atoms with Gasteiger partial charge >= 0.3 is 6.09 Å². The van der Waals surface area contributed by atoms with E-state index in [1.165, 1.54) is 10.5 Å². The predicted octanol–water partition coefficient (Wildman–Crippen LogP) is 5.83. The molecule has 1 atom stereocenters. The molecule has 0 saturated carbocycles. The van der Waals surface area contributed by atoms with Gasteiger partial charge in [0.05, 0.1) is 18.1 Å². The molecule has 0 radical (unpaired) electrons. The third-order valence-electron chi connectivity index (χ3n) is 7.76. The SMILES string of the molecule is CC(C)(C)OC(=O)N1C(=O)C2(CCN(Cc3ccccc3)CC2)CC1CO[Si](C)(C)C(C)(C)C. The van der Waals surface area contributed by atoms with Gasteiger partial charge in [0, 0.05) is 6.54 Å². The van der Waals surface area contributed by atoms with Gasteiger partial charge in [0.15, 0.2) is 8.32 Å².